The SMILES string of the molecule is CC(C)N1c2ccccc2N(C(C)C2CCC2)C1C. The largest absolute Gasteiger partial charge is 0.347 e. The standard InChI is InChI=1S/C17H26N2/c1-12(2)18-14(4)19(13(3)15-8-7-9-15)17-11-6-5-10-16(17)18/h5-6,10-15H,7-9H2,1-4H3. The molecule has 2 atom stereocenters. The minimum Gasteiger partial charge on any atom is -0.347 e. The molecule has 1 aromatic carbocycles. The van der Waals surface area contributed by atoms with Gasteiger partial charge in [-0.2, -0.15) is 0 Å². The van der Waals surface area contributed by atoms with Crippen molar-refractivity contribution in [2.24, 2.45) is 5.92 Å². The Morgan fingerprint density at radius 2 is 1.58 bits per heavy atom. The molecule has 1 aliphatic heterocycles. The van der Waals surface area contributed by atoms with E-state index in [9.17, 15) is 0 Å². The Kier molecular flexibility index (Phi) is 3.20. The lowest BCUT2D eigenvalue weighted by Crippen LogP contribution is -2.51. The zero-order chi connectivity index (χ0) is 13.6. The van der Waals surface area contributed by atoms with Gasteiger partial charge >= 0.3 is 0 Å². The first-order chi connectivity index (χ1) is 9.11. The van der Waals surface area contributed by atoms with Gasteiger partial charge in [0.1, 0.15) is 0 Å². The van der Waals surface area contributed by atoms with Gasteiger partial charge in [0.2, 0.25) is 0 Å². The number of para-hydroxylation sites is 2. The van der Waals surface area contributed by atoms with E-state index in [0.29, 0.717) is 18.2 Å². The number of hydrogen-bond acceptors (Lipinski definition) is 2. The molecule has 1 saturated carbocycles. The van der Waals surface area contributed by atoms with Gasteiger partial charge in [0.15, 0.2) is 0 Å². The normalized spacial score (nSPS) is 24.6. The van der Waals surface area contributed by atoms with Gasteiger partial charge in [-0.1, -0.05) is 18.6 Å². The molecule has 0 N–H and O–H groups in total. The monoisotopic (exact) mass is 258 g/mol. The van der Waals surface area contributed by atoms with Crippen molar-refractivity contribution in [1.29, 1.82) is 0 Å². The van der Waals surface area contributed by atoms with Crippen molar-refractivity contribution < 1.29 is 0 Å². The van der Waals surface area contributed by atoms with Crippen molar-refractivity contribution in [2.45, 2.75) is 65.2 Å². The summed E-state index contributed by atoms with van der Waals surface area (Å²) in [6.45, 7) is 9.37. The Balaban J connectivity index is 1.96. The molecule has 2 nitrogen and oxygen atoms in total. The Hall–Kier alpha value is -1.18. The fraction of sp³-hybridized carbons (Fsp3) is 0.647. The fourth-order valence-electron chi connectivity index (χ4n) is 3.86. The third-order valence-corrected chi connectivity index (χ3v) is 5.07. The summed E-state index contributed by atoms with van der Waals surface area (Å²) in [6.07, 6.45) is 4.72. The van der Waals surface area contributed by atoms with Crippen LogP contribution in [0.25, 0.3) is 0 Å². The van der Waals surface area contributed by atoms with E-state index in [2.05, 4.69) is 61.8 Å². The molecule has 1 heterocycles. The molecule has 3 rings (SSSR count). The smallest absolute Gasteiger partial charge is 0.0993 e. The highest BCUT2D eigenvalue weighted by molar-refractivity contribution is 5.78. The lowest BCUT2D eigenvalue weighted by Gasteiger charge is -2.42. The maximum Gasteiger partial charge on any atom is 0.0993 e. The van der Waals surface area contributed by atoms with E-state index >= 15 is 0 Å². The van der Waals surface area contributed by atoms with Gasteiger partial charge in [0, 0.05) is 12.1 Å². The zero-order valence-electron chi connectivity index (χ0n) is 12.6. The average Bonchev–Trinajstić information content (AvgIpc) is 2.58. The Bertz CT molecular complexity index is 450. The summed E-state index contributed by atoms with van der Waals surface area (Å²) in [6, 6.07) is 10.1. The van der Waals surface area contributed by atoms with Gasteiger partial charge in [-0.05, 0) is 58.6 Å². The first kappa shape index (κ1) is 12.8. The van der Waals surface area contributed by atoms with E-state index in [-0.39, 0.29) is 0 Å². The van der Waals surface area contributed by atoms with Crippen LogP contribution in [0.3, 0.4) is 0 Å². The summed E-state index contributed by atoms with van der Waals surface area (Å²) in [4.78, 5) is 5.21. The van der Waals surface area contributed by atoms with Crippen LogP contribution in [0.5, 0.6) is 0 Å². The van der Waals surface area contributed by atoms with E-state index in [4.69, 9.17) is 0 Å². The summed E-state index contributed by atoms with van der Waals surface area (Å²) in [5.41, 5.74) is 2.85. The van der Waals surface area contributed by atoms with E-state index in [1.807, 2.05) is 0 Å². The quantitative estimate of drug-likeness (QED) is 0.799. The van der Waals surface area contributed by atoms with Gasteiger partial charge in [-0.15, -0.1) is 0 Å². The molecule has 2 aliphatic rings. The van der Waals surface area contributed by atoms with Crippen molar-refractivity contribution >= 4 is 11.4 Å². The topological polar surface area (TPSA) is 6.48 Å². The summed E-state index contributed by atoms with van der Waals surface area (Å²) in [7, 11) is 0. The van der Waals surface area contributed by atoms with Crippen LogP contribution in [0.15, 0.2) is 24.3 Å². The zero-order valence-corrected chi connectivity index (χ0v) is 12.6. The predicted octanol–water partition coefficient (Wildman–Crippen LogP) is 4.26. The van der Waals surface area contributed by atoms with Gasteiger partial charge < -0.3 is 9.80 Å². The van der Waals surface area contributed by atoms with E-state index in [1.54, 1.807) is 0 Å². The molecule has 0 radical (unpaired) electrons. The molecule has 104 valence electrons. The van der Waals surface area contributed by atoms with Crippen LogP contribution in [0.1, 0.15) is 47.0 Å². The van der Waals surface area contributed by atoms with Crippen molar-refractivity contribution in [3.63, 3.8) is 0 Å². The molecular formula is C17H26N2. The van der Waals surface area contributed by atoms with E-state index in [0.717, 1.165) is 5.92 Å². The molecule has 19 heavy (non-hydrogen) atoms. The molecule has 2 unspecified atom stereocenters. The minimum absolute atomic E-state index is 0.480. The number of rotatable bonds is 3. The summed E-state index contributed by atoms with van der Waals surface area (Å²) in [5, 5.41) is 0. The highest BCUT2D eigenvalue weighted by Crippen LogP contribution is 2.45. The van der Waals surface area contributed by atoms with Crippen LogP contribution in [0, 0.1) is 5.92 Å². The van der Waals surface area contributed by atoms with Gasteiger partial charge in [-0.3, -0.25) is 0 Å². The minimum atomic E-state index is 0.480. The van der Waals surface area contributed by atoms with Crippen molar-refractivity contribution in [3.8, 4) is 0 Å². The second kappa shape index (κ2) is 4.73. The molecular weight excluding hydrogens is 232 g/mol. The second-order valence-electron chi connectivity index (χ2n) is 6.46. The highest BCUT2D eigenvalue weighted by Gasteiger charge is 2.39. The first-order valence-corrected chi connectivity index (χ1v) is 7.77. The second-order valence-corrected chi connectivity index (χ2v) is 6.46. The average molecular weight is 258 g/mol. The van der Waals surface area contributed by atoms with Gasteiger partial charge in [0.25, 0.3) is 0 Å². The molecule has 0 bridgehead atoms. The van der Waals surface area contributed by atoms with Crippen molar-refractivity contribution in [1.82, 2.24) is 0 Å². The van der Waals surface area contributed by atoms with Crippen LogP contribution < -0.4 is 9.80 Å². The van der Waals surface area contributed by atoms with Crippen LogP contribution in [0.4, 0.5) is 11.4 Å². The maximum absolute atomic E-state index is 2.65. The molecule has 1 fully saturated rings. The van der Waals surface area contributed by atoms with Crippen molar-refractivity contribution in [3.05, 3.63) is 24.3 Å². The van der Waals surface area contributed by atoms with Crippen molar-refractivity contribution in [2.75, 3.05) is 9.80 Å². The maximum atomic E-state index is 2.65. The van der Waals surface area contributed by atoms with Gasteiger partial charge in [0.05, 0.1) is 17.5 Å². The van der Waals surface area contributed by atoms with Gasteiger partial charge in [-0.25, -0.2) is 0 Å². The molecule has 0 saturated heterocycles. The molecule has 2 heteroatoms. The molecule has 0 aromatic heterocycles. The summed E-state index contributed by atoms with van der Waals surface area (Å²) >= 11 is 0. The number of benzene rings is 1. The Morgan fingerprint density at radius 3 is 2.05 bits per heavy atom. The Labute approximate surface area is 117 Å². The number of hydrogen-bond donors (Lipinski definition) is 0. The molecule has 0 spiro atoms. The highest BCUT2D eigenvalue weighted by atomic mass is 15.4. The van der Waals surface area contributed by atoms with Crippen LogP contribution >= 0.6 is 0 Å². The lowest BCUT2D eigenvalue weighted by atomic mass is 9.79. The third kappa shape index (κ3) is 1.92. The fourth-order valence-corrected chi connectivity index (χ4v) is 3.86. The predicted molar refractivity (Wildman–Crippen MR) is 82.8 cm³/mol. The van der Waals surface area contributed by atoms with Crippen LogP contribution in [-0.2, 0) is 0 Å². The number of fused-ring (bicyclic) bond motifs is 1. The molecule has 0 amide bonds. The third-order valence-electron chi connectivity index (χ3n) is 5.07. The van der Waals surface area contributed by atoms with Crippen LogP contribution in [-0.4, -0.2) is 18.2 Å². The Morgan fingerprint density at radius 1 is 1.00 bits per heavy atom. The molecule has 1 aromatic rings. The number of anilines is 2. The van der Waals surface area contributed by atoms with Crippen LogP contribution in [0.2, 0.25) is 0 Å². The summed E-state index contributed by atoms with van der Waals surface area (Å²) < 4.78 is 0. The molecule has 1 aliphatic carbocycles. The van der Waals surface area contributed by atoms with E-state index < -0.39 is 0 Å². The first-order valence-electron chi connectivity index (χ1n) is 7.77. The van der Waals surface area contributed by atoms with E-state index in [1.165, 1.54) is 30.6 Å². The lowest BCUT2D eigenvalue weighted by molar-refractivity contribution is 0.256. The summed E-state index contributed by atoms with van der Waals surface area (Å²) in [5.74, 6) is 0.891. The number of nitrogens with zero attached hydrogens (tertiary/aromatic N) is 2.